The number of carbonyl (C=O) groups excluding carboxylic acids is 1. The first-order chi connectivity index (χ1) is 8.96. The van der Waals surface area contributed by atoms with Crippen LogP contribution in [0.15, 0.2) is 0 Å². The first-order valence-corrected chi connectivity index (χ1v) is 8.75. The van der Waals surface area contributed by atoms with Gasteiger partial charge in [-0.2, -0.15) is 0 Å². The normalized spacial score (nSPS) is 21.1. The Morgan fingerprint density at radius 2 is 1.85 bits per heavy atom. The Bertz CT molecular complexity index is 464. The van der Waals surface area contributed by atoms with E-state index < -0.39 is 26.1 Å². The summed E-state index contributed by atoms with van der Waals surface area (Å²) in [5, 5.41) is 12.5. The van der Waals surface area contributed by atoms with Crippen LogP contribution in [0, 0.1) is 5.92 Å². The molecule has 1 saturated carbocycles. The number of hydrogen-bond donors (Lipinski definition) is 2. The van der Waals surface area contributed by atoms with Gasteiger partial charge in [0.1, 0.15) is 4.75 Å². The molecule has 1 rings (SSSR count). The molecule has 0 aromatic rings. The van der Waals surface area contributed by atoms with Crippen LogP contribution in [0.1, 0.15) is 53.9 Å². The van der Waals surface area contributed by atoms with E-state index in [-0.39, 0.29) is 17.7 Å². The predicted octanol–water partition coefficient (Wildman–Crippen LogP) is 1.26. The molecule has 2 atom stereocenters. The van der Waals surface area contributed by atoms with Crippen LogP contribution in [-0.4, -0.2) is 41.6 Å². The lowest BCUT2D eigenvalue weighted by Crippen LogP contribution is -2.53. The maximum atomic E-state index is 12.2. The molecule has 1 aliphatic rings. The average Bonchev–Trinajstić information content (AvgIpc) is 3.18. The Kier molecular flexibility index (Phi) is 4.91. The van der Waals surface area contributed by atoms with Gasteiger partial charge in [-0.25, -0.2) is 8.42 Å². The third kappa shape index (κ3) is 3.34. The minimum absolute atomic E-state index is 0.0194. The zero-order valence-electron chi connectivity index (χ0n) is 13.1. The predicted molar refractivity (Wildman–Crippen MR) is 79.1 cm³/mol. The van der Waals surface area contributed by atoms with E-state index in [0.717, 1.165) is 6.42 Å². The van der Waals surface area contributed by atoms with Gasteiger partial charge in [-0.1, -0.05) is 20.3 Å². The highest BCUT2D eigenvalue weighted by molar-refractivity contribution is 7.94. The average molecular weight is 305 g/mol. The molecule has 5 nitrogen and oxygen atoms in total. The van der Waals surface area contributed by atoms with Gasteiger partial charge in [0.15, 0.2) is 9.84 Å². The number of aliphatic hydroxyl groups is 1. The lowest BCUT2D eigenvalue weighted by molar-refractivity contribution is -0.124. The van der Waals surface area contributed by atoms with Crippen LogP contribution in [-0.2, 0) is 14.6 Å². The van der Waals surface area contributed by atoms with Crippen molar-refractivity contribution in [2.45, 2.75) is 69.5 Å². The Labute approximate surface area is 122 Å². The highest BCUT2D eigenvalue weighted by atomic mass is 32.2. The first kappa shape index (κ1) is 17.4. The lowest BCUT2D eigenvalue weighted by Gasteiger charge is -2.32. The smallest absolute Gasteiger partial charge is 0.240 e. The number of rotatable bonds is 7. The van der Waals surface area contributed by atoms with Crippen LogP contribution in [0.3, 0.4) is 0 Å². The molecule has 0 aromatic heterocycles. The minimum atomic E-state index is -3.45. The van der Waals surface area contributed by atoms with E-state index in [2.05, 4.69) is 5.32 Å². The van der Waals surface area contributed by atoms with Crippen molar-refractivity contribution in [3.63, 3.8) is 0 Å². The molecule has 0 aromatic carbocycles. The van der Waals surface area contributed by atoms with Gasteiger partial charge in [0.25, 0.3) is 0 Å². The van der Waals surface area contributed by atoms with Gasteiger partial charge in [0.2, 0.25) is 5.91 Å². The molecule has 0 heterocycles. The van der Waals surface area contributed by atoms with Crippen LogP contribution in [0.25, 0.3) is 0 Å². The largest absolute Gasteiger partial charge is 0.388 e. The van der Waals surface area contributed by atoms with E-state index in [4.69, 9.17) is 0 Å². The van der Waals surface area contributed by atoms with Crippen molar-refractivity contribution in [2.75, 3.05) is 6.54 Å². The fraction of sp³-hybridized carbons (Fsp3) is 0.929. The van der Waals surface area contributed by atoms with Gasteiger partial charge in [-0.3, -0.25) is 4.79 Å². The molecule has 2 N–H and O–H groups in total. The summed E-state index contributed by atoms with van der Waals surface area (Å²) in [5.41, 5.74) is -1.04. The topological polar surface area (TPSA) is 83.5 Å². The van der Waals surface area contributed by atoms with Crippen molar-refractivity contribution in [2.24, 2.45) is 5.92 Å². The fourth-order valence-electron chi connectivity index (χ4n) is 2.01. The van der Waals surface area contributed by atoms with Crippen LogP contribution >= 0.6 is 0 Å². The molecule has 20 heavy (non-hydrogen) atoms. The highest BCUT2D eigenvalue weighted by Gasteiger charge is 2.50. The quantitative estimate of drug-likeness (QED) is 0.741. The number of amides is 1. The zero-order chi connectivity index (χ0) is 15.8. The van der Waals surface area contributed by atoms with Gasteiger partial charge < -0.3 is 10.4 Å². The van der Waals surface area contributed by atoms with E-state index in [1.54, 1.807) is 6.92 Å². The van der Waals surface area contributed by atoms with Crippen LogP contribution in [0.4, 0.5) is 0 Å². The number of carbonyl (C=O) groups is 1. The molecular weight excluding hydrogens is 278 g/mol. The zero-order valence-corrected chi connectivity index (χ0v) is 13.9. The second-order valence-corrected chi connectivity index (χ2v) is 9.38. The number of hydrogen-bond acceptors (Lipinski definition) is 4. The Hall–Kier alpha value is -0.620. The number of nitrogens with one attached hydrogen (secondary N) is 1. The van der Waals surface area contributed by atoms with Crippen LogP contribution in [0.2, 0.25) is 0 Å². The summed E-state index contributed by atoms with van der Waals surface area (Å²) in [5.74, 6) is -0.515. The summed E-state index contributed by atoms with van der Waals surface area (Å²) >= 11 is 0. The van der Waals surface area contributed by atoms with Gasteiger partial charge in [-0.05, 0) is 39.5 Å². The summed E-state index contributed by atoms with van der Waals surface area (Å²) in [6.45, 7) is 8.46. The summed E-state index contributed by atoms with van der Waals surface area (Å²) in [4.78, 5) is 12.2. The standard InChI is InChI=1S/C14H27NO4S/c1-6-10(2)14(5,17)9-15-12(16)13(3,4)20(18,19)11-7-8-11/h10-11,17H,6-9H2,1-5H3,(H,15,16)/t10-,14-/m1/s1. The second kappa shape index (κ2) is 5.64. The van der Waals surface area contributed by atoms with E-state index >= 15 is 0 Å². The van der Waals surface area contributed by atoms with Crippen molar-refractivity contribution < 1.29 is 18.3 Å². The molecule has 0 bridgehead atoms. The summed E-state index contributed by atoms with van der Waals surface area (Å²) in [6, 6.07) is 0. The molecule has 0 spiro atoms. The van der Waals surface area contributed by atoms with Crippen molar-refractivity contribution in [1.82, 2.24) is 5.32 Å². The van der Waals surface area contributed by atoms with Gasteiger partial charge >= 0.3 is 0 Å². The SMILES string of the molecule is CC[C@@H](C)[C@](C)(O)CNC(=O)C(C)(C)S(=O)(=O)C1CC1. The summed E-state index contributed by atoms with van der Waals surface area (Å²) in [7, 11) is -3.45. The van der Waals surface area contributed by atoms with Crippen molar-refractivity contribution in [3.05, 3.63) is 0 Å². The molecule has 0 aliphatic heterocycles. The molecule has 1 fully saturated rings. The van der Waals surface area contributed by atoms with E-state index in [1.165, 1.54) is 13.8 Å². The fourth-order valence-corrected chi connectivity index (χ4v) is 3.93. The third-order valence-electron chi connectivity index (χ3n) is 4.50. The Balaban J connectivity index is 2.71. The van der Waals surface area contributed by atoms with Crippen molar-refractivity contribution in [3.8, 4) is 0 Å². The van der Waals surface area contributed by atoms with Gasteiger partial charge in [-0.15, -0.1) is 0 Å². The van der Waals surface area contributed by atoms with E-state index in [1.807, 2.05) is 13.8 Å². The van der Waals surface area contributed by atoms with Crippen molar-refractivity contribution >= 4 is 15.7 Å². The molecule has 0 unspecified atom stereocenters. The van der Waals surface area contributed by atoms with E-state index in [9.17, 15) is 18.3 Å². The van der Waals surface area contributed by atoms with E-state index in [0.29, 0.717) is 12.8 Å². The molecule has 0 saturated heterocycles. The maximum absolute atomic E-state index is 12.2. The monoisotopic (exact) mass is 305 g/mol. The van der Waals surface area contributed by atoms with Crippen LogP contribution < -0.4 is 5.32 Å². The highest BCUT2D eigenvalue weighted by Crippen LogP contribution is 2.36. The Morgan fingerprint density at radius 1 is 1.35 bits per heavy atom. The summed E-state index contributed by atoms with van der Waals surface area (Å²) < 4.78 is 23.0. The lowest BCUT2D eigenvalue weighted by atomic mass is 9.88. The minimum Gasteiger partial charge on any atom is -0.388 e. The second-order valence-electron chi connectivity index (χ2n) is 6.60. The molecule has 1 amide bonds. The summed E-state index contributed by atoms with van der Waals surface area (Å²) in [6.07, 6.45) is 2.07. The van der Waals surface area contributed by atoms with Gasteiger partial charge in [0.05, 0.1) is 10.9 Å². The molecule has 6 heteroatoms. The first-order valence-electron chi connectivity index (χ1n) is 7.21. The number of sulfone groups is 1. The molecule has 1 aliphatic carbocycles. The molecule has 0 radical (unpaired) electrons. The van der Waals surface area contributed by atoms with Crippen LogP contribution in [0.5, 0.6) is 0 Å². The Morgan fingerprint density at radius 3 is 2.25 bits per heavy atom. The van der Waals surface area contributed by atoms with Gasteiger partial charge in [0, 0.05) is 6.54 Å². The third-order valence-corrected chi connectivity index (χ3v) is 7.46. The molecular formula is C14H27NO4S. The maximum Gasteiger partial charge on any atom is 0.240 e. The molecule has 118 valence electrons. The van der Waals surface area contributed by atoms with Crippen molar-refractivity contribution in [1.29, 1.82) is 0 Å².